The van der Waals surface area contributed by atoms with Crippen LogP contribution in [0.1, 0.15) is 11.3 Å². The zero-order valence-electron chi connectivity index (χ0n) is 9.24. The molecule has 0 unspecified atom stereocenters. The van der Waals surface area contributed by atoms with E-state index in [2.05, 4.69) is 32.3 Å². The standard InChI is InChI=1S/C13H10BrN3/c1-9-2-5-12(8-16-9)17-13-6-11(14)4-3-10(13)7-15/h2-6,8,17H,1H3. The number of rotatable bonds is 2. The van der Waals surface area contributed by atoms with Crippen molar-refractivity contribution in [1.29, 1.82) is 5.26 Å². The first-order valence-corrected chi connectivity index (χ1v) is 5.87. The van der Waals surface area contributed by atoms with E-state index in [9.17, 15) is 0 Å². The molecule has 0 spiro atoms. The number of hydrogen-bond donors (Lipinski definition) is 1. The summed E-state index contributed by atoms with van der Waals surface area (Å²) in [6.45, 7) is 1.93. The summed E-state index contributed by atoms with van der Waals surface area (Å²) in [6.07, 6.45) is 1.75. The highest BCUT2D eigenvalue weighted by atomic mass is 79.9. The third-order valence-corrected chi connectivity index (χ3v) is 2.79. The van der Waals surface area contributed by atoms with Crippen molar-refractivity contribution < 1.29 is 0 Å². The molecule has 1 heterocycles. The Bertz CT molecular complexity index is 570. The molecule has 2 rings (SSSR count). The van der Waals surface area contributed by atoms with Crippen LogP contribution in [0.25, 0.3) is 0 Å². The van der Waals surface area contributed by atoms with Gasteiger partial charge in [-0.05, 0) is 37.3 Å². The van der Waals surface area contributed by atoms with Gasteiger partial charge in [0.05, 0.1) is 23.1 Å². The highest BCUT2D eigenvalue weighted by Gasteiger charge is 2.03. The number of halogens is 1. The summed E-state index contributed by atoms with van der Waals surface area (Å²) in [4.78, 5) is 4.20. The fourth-order valence-corrected chi connectivity index (χ4v) is 1.78. The van der Waals surface area contributed by atoms with E-state index in [0.29, 0.717) is 5.56 Å². The first-order valence-electron chi connectivity index (χ1n) is 5.08. The molecular weight excluding hydrogens is 278 g/mol. The van der Waals surface area contributed by atoms with Crippen molar-refractivity contribution in [1.82, 2.24) is 4.98 Å². The second-order valence-electron chi connectivity index (χ2n) is 3.61. The van der Waals surface area contributed by atoms with Gasteiger partial charge in [-0.3, -0.25) is 4.98 Å². The monoisotopic (exact) mass is 287 g/mol. The van der Waals surface area contributed by atoms with E-state index in [-0.39, 0.29) is 0 Å². The summed E-state index contributed by atoms with van der Waals surface area (Å²) < 4.78 is 0.930. The van der Waals surface area contributed by atoms with Crippen LogP contribution in [0, 0.1) is 18.3 Å². The maximum atomic E-state index is 9.01. The van der Waals surface area contributed by atoms with E-state index in [4.69, 9.17) is 5.26 Å². The zero-order chi connectivity index (χ0) is 12.3. The van der Waals surface area contributed by atoms with Crippen LogP contribution in [0.2, 0.25) is 0 Å². The van der Waals surface area contributed by atoms with Crippen molar-refractivity contribution in [3.63, 3.8) is 0 Å². The lowest BCUT2D eigenvalue weighted by molar-refractivity contribution is 1.20. The number of benzene rings is 1. The van der Waals surface area contributed by atoms with Crippen molar-refractivity contribution in [2.45, 2.75) is 6.92 Å². The van der Waals surface area contributed by atoms with E-state index in [1.165, 1.54) is 0 Å². The molecule has 0 aliphatic carbocycles. The minimum absolute atomic E-state index is 0.605. The predicted molar refractivity (Wildman–Crippen MR) is 71.1 cm³/mol. The molecule has 0 aliphatic heterocycles. The Balaban J connectivity index is 2.32. The highest BCUT2D eigenvalue weighted by molar-refractivity contribution is 9.10. The van der Waals surface area contributed by atoms with Gasteiger partial charge in [-0.1, -0.05) is 15.9 Å². The van der Waals surface area contributed by atoms with Crippen LogP contribution in [0.4, 0.5) is 11.4 Å². The molecule has 0 radical (unpaired) electrons. The Morgan fingerprint density at radius 2 is 2.12 bits per heavy atom. The molecule has 0 fully saturated rings. The third-order valence-electron chi connectivity index (χ3n) is 2.29. The molecule has 0 saturated carbocycles. The topological polar surface area (TPSA) is 48.7 Å². The Labute approximate surface area is 108 Å². The SMILES string of the molecule is Cc1ccc(Nc2cc(Br)ccc2C#N)cn1. The Kier molecular flexibility index (Phi) is 3.40. The van der Waals surface area contributed by atoms with Crippen molar-refractivity contribution in [3.05, 3.63) is 52.3 Å². The molecule has 0 atom stereocenters. The van der Waals surface area contributed by atoms with Crippen LogP contribution >= 0.6 is 15.9 Å². The van der Waals surface area contributed by atoms with Crippen molar-refractivity contribution in [3.8, 4) is 6.07 Å². The summed E-state index contributed by atoms with van der Waals surface area (Å²) in [5.41, 5.74) is 3.21. The van der Waals surface area contributed by atoms with Crippen LogP contribution < -0.4 is 5.32 Å². The van der Waals surface area contributed by atoms with E-state index in [1.807, 2.05) is 31.2 Å². The average molecular weight is 288 g/mol. The van der Waals surface area contributed by atoms with Gasteiger partial charge in [0.25, 0.3) is 0 Å². The highest BCUT2D eigenvalue weighted by Crippen LogP contribution is 2.24. The second kappa shape index (κ2) is 4.98. The van der Waals surface area contributed by atoms with E-state index in [1.54, 1.807) is 12.3 Å². The molecule has 4 heteroatoms. The summed E-state index contributed by atoms with van der Waals surface area (Å²) >= 11 is 3.39. The Morgan fingerprint density at radius 3 is 2.76 bits per heavy atom. The summed E-state index contributed by atoms with van der Waals surface area (Å²) in [5, 5.41) is 12.2. The van der Waals surface area contributed by atoms with Gasteiger partial charge in [0.15, 0.2) is 0 Å². The predicted octanol–water partition coefficient (Wildman–Crippen LogP) is 3.77. The number of aryl methyl sites for hydroxylation is 1. The molecule has 1 aromatic carbocycles. The van der Waals surface area contributed by atoms with E-state index >= 15 is 0 Å². The summed E-state index contributed by atoms with van der Waals surface area (Å²) in [5.74, 6) is 0. The molecule has 1 aromatic heterocycles. The fourth-order valence-electron chi connectivity index (χ4n) is 1.41. The van der Waals surface area contributed by atoms with Crippen LogP contribution in [0.15, 0.2) is 41.0 Å². The fraction of sp³-hybridized carbons (Fsp3) is 0.0769. The molecule has 0 bridgehead atoms. The normalized spacial score (nSPS) is 9.71. The van der Waals surface area contributed by atoms with Gasteiger partial charge >= 0.3 is 0 Å². The Hall–Kier alpha value is -1.86. The molecule has 84 valence electrons. The lowest BCUT2D eigenvalue weighted by Crippen LogP contribution is -1.94. The van der Waals surface area contributed by atoms with Gasteiger partial charge in [-0.25, -0.2) is 0 Å². The molecule has 1 N–H and O–H groups in total. The second-order valence-corrected chi connectivity index (χ2v) is 4.53. The zero-order valence-corrected chi connectivity index (χ0v) is 10.8. The van der Waals surface area contributed by atoms with Gasteiger partial charge in [0, 0.05) is 10.2 Å². The smallest absolute Gasteiger partial charge is 0.101 e. The third kappa shape index (κ3) is 2.83. The maximum absolute atomic E-state index is 9.01. The van der Waals surface area contributed by atoms with Crippen molar-refractivity contribution >= 4 is 27.3 Å². The van der Waals surface area contributed by atoms with Crippen molar-refractivity contribution in [2.24, 2.45) is 0 Å². The van der Waals surface area contributed by atoms with E-state index < -0.39 is 0 Å². The van der Waals surface area contributed by atoms with Gasteiger partial charge in [-0.2, -0.15) is 5.26 Å². The quantitative estimate of drug-likeness (QED) is 0.915. The molecule has 2 aromatic rings. The number of hydrogen-bond acceptors (Lipinski definition) is 3. The maximum Gasteiger partial charge on any atom is 0.101 e. The molecule has 3 nitrogen and oxygen atoms in total. The first-order chi connectivity index (χ1) is 8.19. The van der Waals surface area contributed by atoms with E-state index in [0.717, 1.165) is 21.5 Å². The molecule has 17 heavy (non-hydrogen) atoms. The van der Waals surface area contributed by atoms with Crippen LogP contribution in [0.5, 0.6) is 0 Å². The molecule has 0 saturated heterocycles. The molecule has 0 amide bonds. The van der Waals surface area contributed by atoms with Crippen LogP contribution in [-0.2, 0) is 0 Å². The number of anilines is 2. The minimum atomic E-state index is 0.605. The lowest BCUT2D eigenvalue weighted by atomic mass is 10.2. The van der Waals surface area contributed by atoms with Gasteiger partial charge in [0.2, 0.25) is 0 Å². The lowest BCUT2D eigenvalue weighted by Gasteiger charge is -2.08. The number of pyridine rings is 1. The van der Waals surface area contributed by atoms with Gasteiger partial charge in [0.1, 0.15) is 6.07 Å². The minimum Gasteiger partial charge on any atom is -0.353 e. The summed E-state index contributed by atoms with van der Waals surface area (Å²) in [7, 11) is 0. The Morgan fingerprint density at radius 1 is 1.29 bits per heavy atom. The largest absolute Gasteiger partial charge is 0.353 e. The van der Waals surface area contributed by atoms with Crippen LogP contribution in [-0.4, -0.2) is 4.98 Å². The molecular formula is C13H10BrN3. The first kappa shape index (κ1) is 11.6. The number of nitriles is 1. The summed E-state index contributed by atoms with van der Waals surface area (Å²) in [6, 6.07) is 11.5. The van der Waals surface area contributed by atoms with Gasteiger partial charge in [-0.15, -0.1) is 0 Å². The van der Waals surface area contributed by atoms with Crippen molar-refractivity contribution in [2.75, 3.05) is 5.32 Å². The number of nitrogens with zero attached hydrogens (tertiary/aromatic N) is 2. The van der Waals surface area contributed by atoms with Crippen LogP contribution in [0.3, 0.4) is 0 Å². The number of aromatic nitrogens is 1. The number of nitrogens with one attached hydrogen (secondary N) is 1. The van der Waals surface area contributed by atoms with Gasteiger partial charge < -0.3 is 5.32 Å². The molecule has 0 aliphatic rings. The average Bonchev–Trinajstić information content (AvgIpc) is 2.32.